The minimum atomic E-state index is -1.37. The van der Waals surface area contributed by atoms with Gasteiger partial charge in [0.05, 0.1) is 11.7 Å². The third-order valence-corrected chi connectivity index (χ3v) is 4.95. The molecule has 0 saturated heterocycles. The zero-order valence-electron chi connectivity index (χ0n) is 14.6. The van der Waals surface area contributed by atoms with Gasteiger partial charge in [0, 0.05) is 24.8 Å². The molecule has 146 valence electrons. The van der Waals surface area contributed by atoms with Crippen molar-refractivity contribution in [2.45, 2.75) is 50.9 Å². The molecule has 0 aromatic heterocycles. The molecule has 2 amide bonds. The molecule has 0 aromatic rings. The summed E-state index contributed by atoms with van der Waals surface area (Å²) in [5.41, 5.74) is 0.753. The lowest BCUT2D eigenvalue weighted by Gasteiger charge is -2.42. The predicted octanol–water partition coefficient (Wildman–Crippen LogP) is 1.27. The molecule has 0 radical (unpaired) electrons. The van der Waals surface area contributed by atoms with Crippen LogP contribution in [0, 0.1) is 0 Å². The molecule has 9 nitrogen and oxygen atoms in total. The third-order valence-electron chi connectivity index (χ3n) is 4.65. The first-order valence-corrected chi connectivity index (χ1v) is 8.89. The van der Waals surface area contributed by atoms with Gasteiger partial charge in [0.2, 0.25) is 12.0 Å². The number of ketones is 1. The summed E-state index contributed by atoms with van der Waals surface area (Å²) in [7, 11) is 0. The summed E-state index contributed by atoms with van der Waals surface area (Å²) in [5, 5.41) is 12.8. The van der Waals surface area contributed by atoms with Crippen LogP contribution in [0.4, 0.5) is 4.79 Å². The van der Waals surface area contributed by atoms with Crippen molar-refractivity contribution in [2.75, 3.05) is 6.54 Å². The second-order valence-corrected chi connectivity index (χ2v) is 7.06. The van der Waals surface area contributed by atoms with Crippen molar-refractivity contribution in [3.05, 3.63) is 22.6 Å². The van der Waals surface area contributed by atoms with Crippen LogP contribution in [0.2, 0.25) is 0 Å². The maximum atomic E-state index is 12.4. The number of carboxylic acid groups (broad SMARTS) is 1. The second-order valence-electron chi connectivity index (χ2n) is 6.57. The molecule has 2 aliphatic carbocycles. The van der Waals surface area contributed by atoms with Gasteiger partial charge in [-0.3, -0.25) is 14.4 Å². The number of ether oxygens (including phenoxy) is 2. The van der Waals surface area contributed by atoms with E-state index in [1.165, 1.54) is 0 Å². The van der Waals surface area contributed by atoms with E-state index in [1.54, 1.807) is 6.08 Å². The Balaban J connectivity index is 1.78. The van der Waals surface area contributed by atoms with Gasteiger partial charge in [0.25, 0.3) is 0 Å². The number of nitrogens with zero attached hydrogens (tertiary/aromatic N) is 1. The van der Waals surface area contributed by atoms with Gasteiger partial charge in [-0.25, -0.2) is 9.69 Å². The van der Waals surface area contributed by atoms with E-state index in [9.17, 15) is 19.2 Å². The standard InChI is InChI=1S/C17H19ClN2O7/c1-8(21)20(7-14(23)24)17(25)27-16-12(22)4-3-10-15(16)26-13-5-2-9(18)6-11(13)19-10/h6,10,15-16,19H,2-5,7H2,1H3,(H,23,24). The van der Waals surface area contributed by atoms with E-state index in [0.717, 1.165) is 12.6 Å². The first kappa shape index (κ1) is 19.2. The number of hydrogen-bond donors (Lipinski definition) is 2. The molecule has 3 atom stereocenters. The summed E-state index contributed by atoms with van der Waals surface area (Å²) in [6.07, 6.45) is 0.424. The van der Waals surface area contributed by atoms with Gasteiger partial charge < -0.3 is 19.9 Å². The highest BCUT2D eigenvalue weighted by molar-refractivity contribution is 6.29. The fourth-order valence-electron chi connectivity index (χ4n) is 3.33. The van der Waals surface area contributed by atoms with Crippen LogP contribution in [0.3, 0.4) is 0 Å². The van der Waals surface area contributed by atoms with Crippen molar-refractivity contribution >= 4 is 35.4 Å². The van der Waals surface area contributed by atoms with Crippen LogP contribution in [0.25, 0.3) is 0 Å². The number of halogens is 1. The Morgan fingerprint density at radius 1 is 1.37 bits per heavy atom. The fourth-order valence-corrected chi connectivity index (χ4v) is 3.53. The van der Waals surface area contributed by atoms with Crippen molar-refractivity contribution in [3.8, 4) is 0 Å². The van der Waals surface area contributed by atoms with Crippen LogP contribution in [-0.4, -0.2) is 58.6 Å². The van der Waals surface area contributed by atoms with E-state index >= 15 is 0 Å². The molecular formula is C17H19ClN2O7. The number of amides is 2. The Kier molecular flexibility index (Phi) is 5.41. The lowest BCUT2D eigenvalue weighted by atomic mass is 9.87. The molecule has 0 spiro atoms. The first-order valence-electron chi connectivity index (χ1n) is 8.52. The third kappa shape index (κ3) is 4.08. The van der Waals surface area contributed by atoms with E-state index in [1.807, 2.05) is 0 Å². The van der Waals surface area contributed by atoms with Crippen molar-refractivity contribution < 1.29 is 33.8 Å². The number of carboxylic acids is 1. The highest BCUT2D eigenvalue weighted by Gasteiger charge is 2.46. The summed E-state index contributed by atoms with van der Waals surface area (Å²) in [6, 6.07) is -0.275. The molecule has 1 aliphatic heterocycles. The van der Waals surface area contributed by atoms with Crippen LogP contribution in [0.1, 0.15) is 32.6 Å². The predicted molar refractivity (Wildman–Crippen MR) is 91.5 cm³/mol. The van der Waals surface area contributed by atoms with Gasteiger partial charge in [-0.05, 0) is 18.9 Å². The number of Topliss-reactive ketones (excluding diaryl/α,β-unsaturated/α-hetero) is 1. The number of fused-ring (bicyclic) bond motifs is 1. The van der Waals surface area contributed by atoms with Crippen molar-refractivity contribution in [1.29, 1.82) is 0 Å². The van der Waals surface area contributed by atoms with E-state index in [4.69, 9.17) is 26.2 Å². The minimum Gasteiger partial charge on any atom is -0.486 e. The van der Waals surface area contributed by atoms with Crippen molar-refractivity contribution in [3.63, 3.8) is 0 Å². The van der Waals surface area contributed by atoms with Gasteiger partial charge >= 0.3 is 12.1 Å². The zero-order valence-corrected chi connectivity index (χ0v) is 15.3. The largest absolute Gasteiger partial charge is 0.486 e. The topological polar surface area (TPSA) is 122 Å². The lowest BCUT2D eigenvalue weighted by Crippen LogP contribution is -2.58. The maximum absolute atomic E-state index is 12.4. The van der Waals surface area contributed by atoms with E-state index in [-0.39, 0.29) is 18.2 Å². The van der Waals surface area contributed by atoms with E-state index in [2.05, 4.69) is 5.32 Å². The van der Waals surface area contributed by atoms with Gasteiger partial charge in [-0.1, -0.05) is 11.6 Å². The molecule has 0 aromatic carbocycles. The molecule has 2 N–H and O–H groups in total. The highest BCUT2D eigenvalue weighted by Crippen LogP contribution is 2.35. The first-order chi connectivity index (χ1) is 12.8. The highest BCUT2D eigenvalue weighted by atomic mass is 35.5. The minimum absolute atomic E-state index is 0.161. The van der Waals surface area contributed by atoms with Crippen molar-refractivity contribution in [1.82, 2.24) is 10.2 Å². The molecule has 3 unspecified atom stereocenters. The van der Waals surface area contributed by atoms with Crippen LogP contribution in [-0.2, 0) is 23.9 Å². The second kappa shape index (κ2) is 7.59. The molecular weight excluding hydrogens is 380 g/mol. The molecule has 1 fully saturated rings. The molecule has 10 heteroatoms. The smallest absolute Gasteiger partial charge is 0.417 e. The average molecular weight is 399 g/mol. The molecule has 1 saturated carbocycles. The van der Waals surface area contributed by atoms with Gasteiger partial charge in [-0.15, -0.1) is 0 Å². The molecule has 3 aliphatic rings. The van der Waals surface area contributed by atoms with Crippen molar-refractivity contribution in [2.24, 2.45) is 0 Å². The molecule has 1 heterocycles. The number of carbonyl (C=O) groups excluding carboxylic acids is 3. The monoisotopic (exact) mass is 398 g/mol. The molecule has 0 bridgehead atoms. The number of allylic oxidation sites excluding steroid dienone is 3. The number of hydrogen-bond acceptors (Lipinski definition) is 7. The average Bonchev–Trinajstić information content (AvgIpc) is 2.60. The Morgan fingerprint density at radius 3 is 2.78 bits per heavy atom. The van der Waals surface area contributed by atoms with Crippen LogP contribution >= 0.6 is 11.6 Å². The lowest BCUT2D eigenvalue weighted by molar-refractivity contribution is -0.148. The number of rotatable bonds is 3. The van der Waals surface area contributed by atoms with Crippen LogP contribution in [0.15, 0.2) is 22.6 Å². The Labute approximate surface area is 159 Å². The summed E-state index contributed by atoms with van der Waals surface area (Å²) >= 11 is 6.06. The fraction of sp³-hybridized carbons (Fsp3) is 0.529. The summed E-state index contributed by atoms with van der Waals surface area (Å²) in [5.74, 6) is -1.86. The normalized spacial score (nSPS) is 26.7. The van der Waals surface area contributed by atoms with E-state index < -0.39 is 36.7 Å². The number of nitrogens with one attached hydrogen (secondary N) is 1. The van der Waals surface area contributed by atoms with Crippen LogP contribution in [0.5, 0.6) is 0 Å². The molecule has 27 heavy (non-hydrogen) atoms. The van der Waals surface area contributed by atoms with Gasteiger partial charge in [-0.2, -0.15) is 0 Å². The van der Waals surface area contributed by atoms with E-state index in [0.29, 0.717) is 35.0 Å². The number of carbonyl (C=O) groups is 4. The van der Waals surface area contributed by atoms with Gasteiger partial charge in [0.1, 0.15) is 12.3 Å². The SMILES string of the molecule is CC(=O)N(CC(=O)O)C(=O)OC1C(=O)CCC2NC3=C(CCC(Cl)=C3)OC21. The summed E-state index contributed by atoms with van der Waals surface area (Å²) in [6.45, 7) is 0.199. The number of imide groups is 1. The number of aliphatic carboxylic acids is 1. The van der Waals surface area contributed by atoms with Gasteiger partial charge in [0.15, 0.2) is 11.9 Å². The zero-order chi connectivity index (χ0) is 19.7. The quantitative estimate of drug-likeness (QED) is 0.728. The Hall–Kier alpha value is -2.55. The summed E-state index contributed by atoms with van der Waals surface area (Å²) < 4.78 is 11.2. The summed E-state index contributed by atoms with van der Waals surface area (Å²) in [4.78, 5) is 47.5. The van der Waals surface area contributed by atoms with Crippen LogP contribution < -0.4 is 5.32 Å². The Morgan fingerprint density at radius 2 is 2.11 bits per heavy atom. The Bertz CT molecular complexity index is 760. The molecule has 3 rings (SSSR count). The maximum Gasteiger partial charge on any atom is 0.417 e.